The number of amides is 2. The van der Waals surface area contributed by atoms with Crippen molar-refractivity contribution < 1.29 is 4.79 Å². The molecule has 1 heterocycles. The molecule has 0 saturated carbocycles. The first-order chi connectivity index (χ1) is 9.34. The third kappa shape index (κ3) is 3.77. The quantitative estimate of drug-likeness (QED) is 0.884. The first-order valence-corrected chi connectivity index (χ1v) is 7.15. The summed E-state index contributed by atoms with van der Waals surface area (Å²) in [5.74, 6) is 0. The number of urea groups is 1. The largest absolute Gasteiger partial charge is 0.325 e. The first-order valence-electron chi connectivity index (χ1n) is 6.33. The Morgan fingerprint density at radius 3 is 2.25 bits per heavy atom. The Hall–Kier alpha value is -1.95. The van der Waals surface area contributed by atoms with Crippen LogP contribution in [0.4, 0.5) is 15.6 Å². The molecule has 0 aliphatic carbocycles. The number of hydrogen-bond acceptors (Lipinski definition) is 4. The van der Waals surface area contributed by atoms with E-state index in [2.05, 4.69) is 41.6 Å². The van der Waals surface area contributed by atoms with E-state index in [-0.39, 0.29) is 11.4 Å². The highest BCUT2D eigenvalue weighted by molar-refractivity contribution is 7.15. The number of nitrogens with one attached hydrogen (secondary N) is 2. The van der Waals surface area contributed by atoms with Gasteiger partial charge < -0.3 is 5.32 Å². The Labute approximate surface area is 122 Å². The lowest BCUT2D eigenvalue weighted by Gasteiger charge is -2.19. The number of anilines is 2. The highest BCUT2D eigenvalue weighted by Gasteiger charge is 2.13. The molecule has 106 valence electrons. The molecule has 0 saturated heterocycles. The molecule has 5 nitrogen and oxygen atoms in total. The normalized spacial score (nSPS) is 11.2. The summed E-state index contributed by atoms with van der Waals surface area (Å²) in [4.78, 5) is 11.8. The van der Waals surface area contributed by atoms with Crippen molar-refractivity contribution in [3.05, 3.63) is 34.8 Å². The van der Waals surface area contributed by atoms with Crippen molar-refractivity contribution in [3.8, 4) is 0 Å². The van der Waals surface area contributed by atoms with Crippen LogP contribution in [0.2, 0.25) is 0 Å². The fourth-order valence-corrected chi connectivity index (χ4v) is 2.25. The topological polar surface area (TPSA) is 66.9 Å². The highest BCUT2D eigenvalue weighted by atomic mass is 32.1. The fraction of sp³-hybridized carbons (Fsp3) is 0.357. The van der Waals surface area contributed by atoms with Gasteiger partial charge in [-0.15, -0.1) is 10.2 Å². The predicted molar refractivity (Wildman–Crippen MR) is 82.4 cm³/mol. The standard InChI is InChI=1S/C14H18N4OS/c1-9-17-18-13(20-9)16-12(19)15-11-7-5-10(6-8-11)14(2,3)4/h5-8H,1-4H3,(H2,15,16,18,19). The minimum absolute atomic E-state index is 0.102. The molecule has 0 fully saturated rings. The second-order valence-electron chi connectivity index (χ2n) is 5.53. The lowest BCUT2D eigenvalue weighted by atomic mass is 9.87. The number of carbonyl (C=O) groups is 1. The van der Waals surface area contributed by atoms with Gasteiger partial charge in [-0.2, -0.15) is 0 Å². The Morgan fingerprint density at radius 1 is 1.10 bits per heavy atom. The molecule has 6 heteroatoms. The number of nitrogens with zero attached hydrogens (tertiary/aromatic N) is 2. The Balaban J connectivity index is 1.98. The highest BCUT2D eigenvalue weighted by Crippen LogP contribution is 2.23. The van der Waals surface area contributed by atoms with Gasteiger partial charge in [-0.05, 0) is 30.0 Å². The third-order valence-corrected chi connectivity index (χ3v) is 3.51. The van der Waals surface area contributed by atoms with Gasteiger partial charge in [0, 0.05) is 5.69 Å². The van der Waals surface area contributed by atoms with Crippen molar-refractivity contribution in [1.82, 2.24) is 10.2 Å². The van der Waals surface area contributed by atoms with Crippen molar-refractivity contribution in [3.63, 3.8) is 0 Å². The van der Waals surface area contributed by atoms with Crippen LogP contribution in [-0.2, 0) is 5.41 Å². The Kier molecular flexibility index (Phi) is 4.04. The molecule has 2 aromatic rings. The smallest absolute Gasteiger partial charge is 0.308 e. The molecule has 0 radical (unpaired) electrons. The number of aryl methyl sites for hydroxylation is 1. The third-order valence-electron chi connectivity index (χ3n) is 2.76. The lowest BCUT2D eigenvalue weighted by molar-refractivity contribution is 0.262. The van der Waals surface area contributed by atoms with E-state index < -0.39 is 0 Å². The van der Waals surface area contributed by atoms with E-state index in [4.69, 9.17) is 0 Å². The van der Waals surface area contributed by atoms with Crippen LogP contribution in [-0.4, -0.2) is 16.2 Å². The van der Waals surface area contributed by atoms with E-state index in [0.717, 1.165) is 10.7 Å². The van der Waals surface area contributed by atoms with Gasteiger partial charge in [0.05, 0.1) is 0 Å². The van der Waals surface area contributed by atoms with Gasteiger partial charge in [-0.25, -0.2) is 4.79 Å². The molecule has 2 N–H and O–H groups in total. The van der Waals surface area contributed by atoms with Crippen LogP contribution in [0, 0.1) is 6.92 Å². The molecule has 0 unspecified atom stereocenters. The van der Waals surface area contributed by atoms with Gasteiger partial charge in [0.1, 0.15) is 5.01 Å². The zero-order chi connectivity index (χ0) is 14.8. The maximum atomic E-state index is 11.8. The molecular formula is C14H18N4OS. The fourth-order valence-electron chi connectivity index (χ4n) is 1.66. The van der Waals surface area contributed by atoms with Gasteiger partial charge in [0.15, 0.2) is 0 Å². The van der Waals surface area contributed by atoms with Gasteiger partial charge in [0.2, 0.25) is 5.13 Å². The zero-order valence-electron chi connectivity index (χ0n) is 12.0. The molecule has 20 heavy (non-hydrogen) atoms. The van der Waals surface area contributed by atoms with E-state index in [1.54, 1.807) is 0 Å². The van der Waals surface area contributed by atoms with Crippen LogP contribution < -0.4 is 10.6 Å². The van der Waals surface area contributed by atoms with Crippen molar-refractivity contribution in [1.29, 1.82) is 0 Å². The number of carbonyl (C=O) groups excluding carboxylic acids is 1. The summed E-state index contributed by atoms with van der Waals surface area (Å²) in [7, 11) is 0. The first kappa shape index (κ1) is 14.5. The molecule has 0 bridgehead atoms. The molecule has 0 spiro atoms. The molecule has 0 aliphatic rings. The van der Waals surface area contributed by atoms with Crippen molar-refractivity contribution in [2.45, 2.75) is 33.1 Å². The van der Waals surface area contributed by atoms with Gasteiger partial charge in [-0.3, -0.25) is 5.32 Å². The number of benzene rings is 1. The second kappa shape index (κ2) is 5.58. The predicted octanol–water partition coefficient (Wildman–Crippen LogP) is 3.79. The average Bonchev–Trinajstić information content (AvgIpc) is 2.74. The van der Waals surface area contributed by atoms with Gasteiger partial charge >= 0.3 is 6.03 Å². The van der Waals surface area contributed by atoms with E-state index in [1.807, 2.05) is 31.2 Å². The SMILES string of the molecule is Cc1nnc(NC(=O)Nc2ccc(C(C)(C)C)cc2)s1. The van der Waals surface area contributed by atoms with E-state index >= 15 is 0 Å². The van der Waals surface area contributed by atoms with Crippen LogP contribution >= 0.6 is 11.3 Å². The minimum Gasteiger partial charge on any atom is -0.308 e. The summed E-state index contributed by atoms with van der Waals surface area (Å²) in [5.41, 5.74) is 2.07. The summed E-state index contributed by atoms with van der Waals surface area (Å²) in [6, 6.07) is 7.51. The van der Waals surface area contributed by atoms with Crippen LogP contribution in [0.25, 0.3) is 0 Å². The van der Waals surface area contributed by atoms with Crippen molar-refractivity contribution in [2.24, 2.45) is 0 Å². The molecule has 2 rings (SSSR count). The summed E-state index contributed by atoms with van der Waals surface area (Å²) < 4.78 is 0. The molecular weight excluding hydrogens is 272 g/mol. The van der Waals surface area contributed by atoms with Crippen LogP contribution in [0.15, 0.2) is 24.3 Å². The number of rotatable bonds is 2. The molecule has 1 aromatic heterocycles. The lowest BCUT2D eigenvalue weighted by Crippen LogP contribution is -2.19. The zero-order valence-corrected chi connectivity index (χ0v) is 12.8. The monoisotopic (exact) mass is 290 g/mol. The van der Waals surface area contributed by atoms with Crippen molar-refractivity contribution in [2.75, 3.05) is 10.6 Å². The number of hydrogen-bond donors (Lipinski definition) is 2. The Morgan fingerprint density at radius 2 is 1.75 bits per heavy atom. The molecule has 0 aliphatic heterocycles. The van der Waals surface area contributed by atoms with Crippen LogP contribution in [0.5, 0.6) is 0 Å². The van der Waals surface area contributed by atoms with E-state index in [1.165, 1.54) is 16.9 Å². The van der Waals surface area contributed by atoms with Gasteiger partial charge in [0.25, 0.3) is 0 Å². The minimum atomic E-state index is -0.315. The molecule has 2 amide bonds. The maximum Gasteiger partial charge on any atom is 0.325 e. The average molecular weight is 290 g/mol. The van der Waals surface area contributed by atoms with Crippen LogP contribution in [0.1, 0.15) is 31.3 Å². The summed E-state index contributed by atoms with van der Waals surface area (Å²) in [5, 5.41) is 14.4. The summed E-state index contributed by atoms with van der Waals surface area (Å²) >= 11 is 1.34. The van der Waals surface area contributed by atoms with Crippen molar-refractivity contribution >= 4 is 28.2 Å². The maximum absolute atomic E-state index is 11.8. The second-order valence-corrected chi connectivity index (χ2v) is 6.71. The molecule has 1 aromatic carbocycles. The Bertz CT molecular complexity index is 598. The summed E-state index contributed by atoms with van der Waals surface area (Å²) in [6.45, 7) is 8.30. The summed E-state index contributed by atoms with van der Waals surface area (Å²) in [6.07, 6.45) is 0. The van der Waals surface area contributed by atoms with Crippen LogP contribution in [0.3, 0.4) is 0 Å². The van der Waals surface area contributed by atoms with E-state index in [0.29, 0.717) is 5.13 Å². The van der Waals surface area contributed by atoms with Gasteiger partial charge in [-0.1, -0.05) is 44.2 Å². The van der Waals surface area contributed by atoms with E-state index in [9.17, 15) is 4.79 Å². The molecule has 0 atom stereocenters. The number of aromatic nitrogens is 2.